The standard InChI is InChI=1S/C18H32O16/c19-1-4-7(21)10(24)13(27)18(32-4)34-15-5(2-20)33-17(14(28)11(15)25)30-3-6-8(22)9(23)12(26)16(29)31-6/h4-29H,1-3H2/t4-,5-,6-,7-,8-,9+,10+,11-,12-,13-,14-,15-,16+,17-,18+/m1/s1. The van der Waals surface area contributed by atoms with Crippen molar-refractivity contribution in [3.05, 3.63) is 0 Å². The fraction of sp³-hybridized carbons (Fsp3) is 1.00. The van der Waals surface area contributed by atoms with Crippen LogP contribution >= 0.6 is 0 Å². The average molecular weight is 504 g/mol. The van der Waals surface area contributed by atoms with E-state index in [-0.39, 0.29) is 0 Å². The number of aliphatic hydroxyl groups excluding tert-OH is 11. The minimum atomic E-state index is -1.82. The zero-order valence-electron chi connectivity index (χ0n) is 17.7. The Balaban J connectivity index is 1.63. The van der Waals surface area contributed by atoms with Gasteiger partial charge in [0, 0.05) is 0 Å². The summed E-state index contributed by atoms with van der Waals surface area (Å²) in [6.07, 6.45) is -24.7. The molecule has 0 aromatic heterocycles. The molecule has 3 saturated heterocycles. The molecule has 0 amide bonds. The van der Waals surface area contributed by atoms with Crippen molar-refractivity contribution in [1.29, 1.82) is 0 Å². The Labute approximate surface area is 192 Å². The fourth-order valence-electron chi connectivity index (χ4n) is 3.95. The lowest BCUT2D eigenvalue weighted by atomic mass is 9.97. The second-order valence-electron chi connectivity index (χ2n) is 8.37. The molecule has 0 aromatic carbocycles. The van der Waals surface area contributed by atoms with Crippen LogP contribution in [0.15, 0.2) is 0 Å². The maximum absolute atomic E-state index is 10.5. The minimum absolute atomic E-state index is 0.577. The number of hydrogen-bond acceptors (Lipinski definition) is 16. The van der Waals surface area contributed by atoms with Gasteiger partial charge in [-0.05, 0) is 0 Å². The second kappa shape index (κ2) is 11.6. The Morgan fingerprint density at radius 3 is 1.65 bits per heavy atom. The van der Waals surface area contributed by atoms with Crippen LogP contribution < -0.4 is 0 Å². The van der Waals surface area contributed by atoms with Gasteiger partial charge >= 0.3 is 0 Å². The first-order chi connectivity index (χ1) is 16.0. The topological polar surface area (TPSA) is 269 Å². The molecule has 3 aliphatic heterocycles. The van der Waals surface area contributed by atoms with E-state index in [1.165, 1.54) is 0 Å². The predicted octanol–water partition coefficient (Wildman–Crippen LogP) is -7.57. The van der Waals surface area contributed by atoms with Gasteiger partial charge in [0.2, 0.25) is 0 Å². The van der Waals surface area contributed by atoms with Gasteiger partial charge in [0.1, 0.15) is 73.2 Å². The minimum Gasteiger partial charge on any atom is -0.394 e. The van der Waals surface area contributed by atoms with Gasteiger partial charge in [0.15, 0.2) is 18.9 Å². The molecule has 0 radical (unpaired) electrons. The maximum atomic E-state index is 10.5. The molecule has 15 atom stereocenters. The molecular formula is C18H32O16. The first-order valence-corrected chi connectivity index (χ1v) is 10.6. The molecule has 0 aliphatic carbocycles. The summed E-state index contributed by atoms with van der Waals surface area (Å²) in [5.74, 6) is 0. The van der Waals surface area contributed by atoms with Crippen LogP contribution in [0.4, 0.5) is 0 Å². The summed E-state index contributed by atoms with van der Waals surface area (Å²) >= 11 is 0. The number of rotatable bonds is 7. The number of hydrogen-bond donors (Lipinski definition) is 11. The molecule has 3 rings (SSSR count). The van der Waals surface area contributed by atoms with E-state index in [1.807, 2.05) is 0 Å². The molecule has 200 valence electrons. The van der Waals surface area contributed by atoms with E-state index in [0.717, 1.165) is 0 Å². The van der Waals surface area contributed by atoms with E-state index in [9.17, 15) is 56.2 Å². The van der Waals surface area contributed by atoms with Crippen molar-refractivity contribution in [3.8, 4) is 0 Å². The quantitative estimate of drug-likeness (QED) is 0.154. The van der Waals surface area contributed by atoms with E-state index in [0.29, 0.717) is 0 Å². The summed E-state index contributed by atoms with van der Waals surface area (Å²) in [5.41, 5.74) is 0. The summed E-state index contributed by atoms with van der Waals surface area (Å²) in [6, 6.07) is 0. The predicted molar refractivity (Wildman–Crippen MR) is 101 cm³/mol. The molecule has 0 unspecified atom stereocenters. The lowest BCUT2D eigenvalue weighted by Gasteiger charge is -2.46. The molecule has 3 heterocycles. The SMILES string of the molecule is OC[C@H]1O[C@@H](O[C@H]2[C@H](O)[C@@H](O)[C@H](OC[C@H]3O[C@H](O)[C@H](O)[C@@H](O)[C@@H]3O)O[C@@H]2CO)[C@H](O)[C@@H](O)[C@@H]1O. The van der Waals surface area contributed by atoms with E-state index in [1.54, 1.807) is 0 Å². The maximum Gasteiger partial charge on any atom is 0.187 e. The lowest BCUT2D eigenvalue weighted by Crippen LogP contribution is -2.65. The van der Waals surface area contributed by atoms with Crippen LogP contribution in [0, 0.1) is 0 Å². The van der Waals surface area contributed by atoms with Crippen LogP contribution in [-0.4, -0.2) is 168 Å². The molecule has 0 bridgehead atoms. The van der Waals surface area contributed by atoms with Gasteiger partial charge in [0.05, 0.1) is 19.8 Å². The van der Waals surface area contributed by atoms with E-state index < -0.39 is 112 Å². The molecule has 3 fully saturated rings. The molecule has 0 aromatic rings. The average Bonchev–Trinajstić information content (AvgIpc) is 2.83. The van der Waals surface area contributed by atoms with Crippen molar-refractivity contribution in [3.63, 3.8) is 0 Å². The third-order valence-corrected chi connectivity index (χ3v) is 6.07. The van der Waals surface area contributed by atoms with Crippen LogP contribution in [0.3, 0.4) is 0 Å². The van der Waals surface area contributed by atoms with Gasteiger partial charge in [-0.3, -0.25) is 0 Å². The van der Waals surface area contributed by atoms with Crippen LogP contribution in [0.5, 0.6) is 0 Å². The Hall–Kier alpha value is -0.640. The summed E-state index contributed by atoms with van der Waals surface area (Å²) in [5, 5.41) is 109. The lowest BCUT2D eigenvalue weighted by molar-refractivity contribution is -0.363. The van der Waals surface area contributed by atoms with Gasteiger partial charge in [-0.2, -0.15) is 0 Å². The highest BCUT2D eigenvalue weighted by molar-refractivity contribution is 4.94. The van der Waals surface area contributed by atoms with Crippen molar-refractivity contribution >= 4 is 0 Å². The van der Waals surface area contributed by atoms with E-state index >= 15 is 0 Å². The Morgan fingerprint density at radius 2 is 1.03 bits per heavy atom. The summed E-state index contributed by atoms with van der Waals surface area (Å²) in [7, 11) is 0. The molecule has 11 N–H and O–H groups in total. The Morgan fingerprint density at radius 1 is 0.500 bits per heavy atom. The third kappa shape index (κ3) is 5.52. The third-order valence-electron chi connectivity index (χ3n) is 6.07. The highest BCUT2D eigenvalue weighted by atomic mass is 16.7. The van der Waals surface area contributed by atoms with Crippen LogP contribution in [0.2, 0.25) is 0 Å². The molecule has 34 heavy (non-hydrogen) atoms. The molecule has 0 spiro atoms. The smallest absolute Gasteiger partial charge is 0.187 e. The van der Waals surface area contributed by atoms with Gasteiger partial charge in [-0.15, -0.1) is 0 Å². The molecule has 3 aliphatic rings. The first kappa shape index (κ1) is 27.9. The molecule has 16 heteroatoms. The van der Waals surface area contributed by atoms with Gasteiger partial charge in [0.25, 0.3) is 0 Å². The molecule has 16 nitrogen and oxygen atoms in total. The van der Waals surface area contributed by atoms with Crippen LogP contribution in [-0.2, 0) is 23.7 Å². The van der Waals surface area contributed by atoms with Gasteiger partial charge < -0.3 is 79.9 Å². The molecule has 0 saturated carbocycles. The number of ether oxygens (including phenoxy) is 5. The zero-order valence-corrected chi connectivity index (χ0v) is 17.7. The summed E-state index contributed by atoms with van der Waals surface area (Å²) in [4.78, 5) is 0. The van der Waals surface area contributed by atoms with E-state index in [4.69, 9.17) is 23.7 Å². The van der Waals surface area contributed by atoms with Crippen molar-refractivity contribution in [2.45, 2.75) is 92.1 Å². The second-order valence-corrected chi connectivity index (χ2v) is 8.37. The fourth-order valence-corrected chi connectivity index (χ4v) is 3.95. The number of aliphatic hydroxyl groups is 11. The van der Waals surface area contributed by atoms with E-state index in [2.05, 4.69) is 0 Å². The van der Waals surface area contributed by atoms with Crippen molar-refractivity contribution in [2.24, 2.45) is 0 Å². The van der Waals surface area contributed by atoms with Crippen molar-refractivity contribution < 1.29 is 79.9 Å². The van der Waals surface area contributed by atoms with Gasteiger partial charge in [-0.1, -0.05) is 0 Å². The molecular weight excluding hydrogens is 472 g/mol. The normalized spacial score (nSPS) is 52.5. The van der Waals surface area contributed by atoms with Crippen LogP contribution in [0.1, 0.15) is 0 Å². The Kier molecular flexibility index (Phi) is 9.54. The van der Waals surface area contributed by atoms with Crippen molar-refractivity contribution in [1.82, 2.24) is 0 Å². The zero-order chi connectivity index (χ0) is 25.3. The highest BCUT2D eigenvalue weighted by Crippen LogP contribution is 2.30. The van der Waals surface area contributed by atoms with Crippen LogP contribution in [0.25, 0.3) is 0 Å². The highest BCUT2D eigenvalue weighted by Gasteiger charge is 2.51. The largest absolute Gasteiger partial charge is 0.394 e. The summed E-state index contributed by atoms with van der Waals surface area (Å²) < 4.78 is 26.2. The Bertz CT molecular complexity index is 637. The van der Waals surface area contributed by atoms with Crippen molar-refractivity contribution in [2.75, 3.05) is 19.8 Å². The first-order valence-electron chi connectivity index (χ1n) is 10.6. The summed E-state index contributed by atoms with van der Waals surface area (Å²) in [6.45, 7) is -2.09. The van der Waals surface area contributed by atoms with Gasteiger partial charge in [-0.25, -0.2) is 0 Å². The monoisotopic (exact) mass is 504 g/mol.